The van der Waals surface area contributed by atoms with Crippen LogP contribution in [0.2, 0.25) is 0 Å². The minimum atomic E-state index is -2.52. The number of rotatable bonds is 15. The summed E-state index contributed by atoms with van der Waals surface area (Å²) in [6.07, 6.45) is -8.03. The fourth-order valence-electron chi connectivity index (χ4n) is 13.4. The molecule has 25 heteroatoms. The summed E-state index contributed by atoms with van der Waals surface area (Å²) in [5.74, 6) is -9.66. The van der Waals surface area contributed by atoms with Crippen molar-refractivity contribution >= 4 is 29.2 Å². The number of Topliss-reactive ketones (excluding diaryl/α,β-unsaturated/α-hetero) is 3. The monoisotopic (exact) mass is 1280 g/mol. The molecule has 2 bridgehead atoms. The molecule has 4 unspecified atom stereocenters. The fraction of sp³-hybridized carbons (Fsp3) is 0.800. The van der Waals surface area contributed by atoms with Gasteiger partial charge in [-0.05, 0) is 107 Å². The first-order valence-corrected chi connectivity index (χ1v) is 32.0. The molecule has 0 radical (unpaired) electrons. The maximum absolute atomic E-state index is 14.9. The number of esters is 1. The Hall–Kier alpha value is -3.81. The van der Waals surface area contributed by atoms with Crippen LogP contribution in [0.25, 0.3) is 0 Å². The molecule has 1 saturated carbocycles. The van der Waals surface area contributed by atoms with Gasteiger partial charge in [0.15, 0.2) is 18.4 Å². The number of amides is 1. The van der Waals surface area contributed by atoms with Crippen molar-refractivity contribution in [3.63, 3.8) is 0 Å². The number of nitrogens with zero attached hydrogens (tertiary/aromatic N) is 1. The summed E-state index contributed by atoms with van der Waals surface area (Å²) in [4.78, 5) is 74.7. The number of hydrogen-bond donors (Lipinski definition) is 9. The van der Waals surface area contributed by atoms with Crippen molar-refractivity contribution in [1.29, 1.82) is 0 Å². The number of carbonyl (C=O) groups is 5. The lowest BCUT2D eigenvalue weighted by Gasteiger charge is -2.43. The summed E-state index contributed by atoms with van der Waals surface area (Å²) in [6, 6.07) is -1.26. The first-order valence-electron chi connectivity index (χ1n) is 32.0. The third-order valence-electron chi connectivity index (χ3n) is 19.1. The van der Waals surface area contributed by atoms with Crippen LogP contribution in [0.1, 0.15) is 126 Å². The van der Waals surface area contributed by atoms with Gasteiger partial charge >= 0.3 is 5.97 Å². The normalized spacial score (nSPS) is 42.9. The molecule has 90 heavy (non-hydrogen) atoms. The molecule has 25 atom stereocenters. The maximum Gasteiger partial charge on any atom is 0.329 e. The van der Waals surface area contributed by atoms with Gasteiger partial charge in [-0.25, -0.2) is 4.79 Å². The number of piperidine rings is 1. The zero-order chi connectivity index (χ0) is 66.3. The Bertz CT molecular complexity index is 2450. The summed E-state index contributed by atoms with van der Waals surface area (Å²) >= 11 is 0. The topological polar surface area (TPSA) is 363 Å². The van der Waals surface area contributed by atoms with Crippen molar-refractivity contribution in [3.8, 4) is 0 Å². The Balaban J connectivity index is 1.37. The summed E-state index contributed by atoms with van der Waals surface area (Å²) in [5.41, 5.74) is 1.04. The van der Waals surface area contributed by atoms with Gasteiger partial charge in [0.25, 0.3) is 11.7 Å². The van der Waals surface area contributed by atoms with Gasteiger partial charge in [-0.2, -0.15) is 0 Å². The molecule has 0 spiro atoms. The first-order chi connectivity index (χ1) is 42.7. The summed E-state index contributed by atoms with van der Waals surface area (Å²) in [6.45, 7) is 10.7. The minimum Gasteiger partial charge on any atom is -0.460 e. The average molecular weight is 1280 g/mol. The van der Waals surface area contributed by atoms with Crippen molar-refractivity contribution in [2.75, 3.05) is 54.3 Å². The molecule has 6 rings (SSSR count). The van der Waals surface area contributed by atoms with Gasteiger partial charge in [0, 0.05) is 58.5 Å². The lowest BCUT2D eigenvalue weighted by Crippen LogP contribution is -2.62. The van der Waals surface area contributed by atoms with Crippen LogP contribution in [0, 0.1) is 35.5 Å². The second-order valence-corrected chi connectivity index (χ2v) is 25.8. The Morgan fingerprint density at radius 3 is 2.07 bits per heavy atom. The number of hydrogen-bond acceptors (Lipinski definition) is 24. The van der Waals surface area contributed by atoms with Crippen LogP contribution in [0.5, 0.6) is 0 Å². The van der Waals surface area contributed by atoms with Crippen LogP contribution < -0.4 is 0 Å². The van der Waals surface area contributed by atoms with Crippen molar-refractivity contribution in [2.45, 2.75) is 241 Å². The molecule has 0 aromatic rings. The second-order valence-electron chi connectivity index (χ2n) is 25.8. The number of aliphatic hydroxyl groups is 9. The lowest BCUT2D eigenvalue weighted by molar-refractivity contribution is -0.336. The van der Waals surface area contributed by atoms with E-state index in [1.165, 1.54) is 20.3 Å². The van der Waals surface area contributed by atoms with Crippen LogP contribution in [-0.2, 0) is 71.3 Å². The number of carbonyl (C=O) groups excluding carboxylic acids is 5. The Labute approximate surface area is 528 Å². The van der Waals surface area contributed by atoms with Crippen molar-refractivity contribution in [3.05, 3.63) is 47.6 Å². The maximum atomic E-state index is 14.9. The molecular weight excluding hydrogens is 1180 g/mol. The predicted molar refractivity (Wildman–Crippen MR) is 321 cm³/mol. The van der Waals surface area contributed by atoms with Gasteiger partial charge in [-0.1, -0.05) is 71.1 Å². The zero-order valence-corrected chi connectivity index (χ0v) is 53.9. The molecule has 0 aromatic carbocycles. The second kappa shape index (κ2) is 35.1. The van der Waals surface area contributed by atoms with Gasteiger partial charge in [-0.15, -0.1) is 0 Å². The van der Waals surface area contributed by atoms with E-state index in [0.717, 1.165) is 10.5 Å². The highest BCUT2D eigenvalue weighted by atomic mass is 16.7. The SMILES string of the molecule is CO[C@H]1C[C@@H]2CC[C@@H](C)[C@@](O)(O2)C(=O)C(=O)N2CCCCC2C(=O)O[C@H]([C@H](C)CC2CC[C@@H](OCCO)[C@H](OC)C2)CC(=O)[C@H](C)/C=C(\C)[C@@H](OC2O[C@@H](COC3O[C@@H](CO)[C@H](O)[C@@H](O)[C@@H]3O)[C@H](O)[C@@H](O)[C@@H]2O)[C@@H](OC)C(=O)[C@H](C)C[C@H](C)/C=C/C=C/C=C/1C. The highest BCUT2D eigenvalue weighted by molar-refractivity contribution is 6.39. The quantitative estimate of drug-likeness (QED) is 0.0642. The van der Waals surface area contributed by atoms with Gasteiger partial charge in [0.2, 0.25) is 5.79 Å². The van der Waals surface area contributed by atoms with Crippen molar-refractivity contribution < 1.29 is 117 Å². The third kappa shape index (κ3) is 19.0. The summed E-state index contributed by atoms with van der Waals surface area (Å²) in [7, 11) is 4.41. The van der Waals surface area contributed by atoms with E-state index in [9.17, 15) is 69.9 Å². The predicted octanol–water partition coefficient (Wildman–Crippen LogP) is 1.85. The number of methoxy groups -OCH3 is 3. The van der Waals surface area contributed by atoms with E-state index in [-0.39, 0.29) is 68.6 Å². The summed E-state index contributed by atoms with van der Waals surface area (Å²) < 4.78 is 59.8. The lowest BCUT2D eigenvalue weighted by atomic mass is 9.78. The molecule has 5 fully saturated rings. The van der Waals surface area contributed by atoms with E-state index in [0.29, 0.717) is 57.8 Å². The standard InChI is InChI=1S/C65H103NO24/c1-34-16-12-11-13-17-35(2)46(81-8)30-42-21-19-40(7)65(80,90-42)60(77)61(78)66-23-15-14-18-43(66)62(79)86-47(37(4)28-41-20-22-45(84-25-24-67)48(29-41)82-9)31-44(69)36(3)27-39(6)58(59(83-10)51(70)38(5)26-34)89-64-57(76)55(74)53(72)50(88-64)33-85-63-56(75)54(73)52(71)49(32-68)87-63/h11-13,16-17,27,34,36-38,40-43,45-50,52-59,63-64,67-68,71-76,80H,14-15,18-26,28-33H2,1-10H3/b13-11+,16-12+,35-17+,39-27+/t34-,36-,37-,38-,40-,41?,42+,43?,45-,46+,47+,48-,49+,50+,52+,53+,54-,55-,56+,57+,58-,59+,63?,64?,65-/m1/s1. The van der Waals surface area contributed by atoms with E-state index in [4.69, 9.17) is 47.4 Å². The molecule has 4 saturated heterocycles. The molecule has 5 aliphatic heterocycles. The molecule has 1 aliphatic carbocycles. The Morgan fingerprint density at radius 2 is 1.40 bits per heavy atom. The largest absolute Gasteiger partial charge is 0.460 e. The molecule has 5 heterocycles. The van der Waals surface area contributed by atoms with E-state index >= 15 is 0 Å². The van der Waals surface area contributed by atoms with Crippen molar-refractivity contribution in [2.24, 2.45) is 35.5 Å². The van der Waals surface area contributed by atoms with E-state index in [1.807, 2.05) is 51.2 Å². The summed E-state index contributed by atoms with van der Waals surface area (Å²) in [5, 5.41) is 96.6. The zero-order valence-electron chi connectivity index (χ0n) is 53.9. The van der Waals surface area contributed by atoms with Gasteiger partial charge in [0.05, 0.1) is 50.8 Å². The molecule has 512 valence electrons. The number of cyclic esters (lactones) is 1. The fourth-order valence-corrected chi connectivity index (χ4v) is 13.4. The van der Waals surface area contributed by atoms with Crippen LogP contribution in [0.4, 0.5) is 0 Å². The van der Waals surface area contributed by atoms with Gasteiger partial charge in [0.1, 0.15) is 79.0 Å². The van der Waals surface area contributed by atoms with Gasteiger partial charge in [-0.3, -0.25) is 19.2 Å². The van der Waals surface area contributed by atoms with Crippen LogP contribution in [0.15, 0.2) is 47.6 Å². The Kier molecular flexibility index (Phi) is 29.3. The molecule has 9 N–H and O–H groups in total. The average Bonchev–Trinajstić information content (AvgIpc) is 0.822. The molecule has 25 nitrogen and oxygen atoms in total. The van der Waals surface area contributed by atoms with Crippen molar-refractivity contribution in [1.82, 2.24) is 4.90 Å². The van der Waals surface area contributed by atoms with Crippen LogP contribution >= 0.6 is 0 Å². The number of ether oxygens (including phenoxy) is 10. The Morgan fingerprint density at radius 1 is 0.711 bits per heavy atom. The number of fused-ring (bicyclic) bond motifs is 3. The van der Waals surface area contributed by atoms with E-state index in [2.05, 4.69) is 0 Å². The number of ketones is 3. The minimum absolute atomic E-state index is 0.00186. The van der Waals surface area contributed by atoms with Crippen LogP contribution in [-0.4, -0.2) is 250 Å². The highest BCUT2D eigenvalue weighted by Crippen LogP contribution is 2.39. The van der Waals surface area contributed by atoms with E-state index in [1.54, 1.807) is 34.8 Å². The number of aliphatic hydroxyl groups excluding tert-OH is 8. The van der Waals surface area contributed by atoms with E-state index < -0.39 is 170 Å². The number of allylic oxidation sites excluding steroid dienone is 6. The molecule has 0 aromatic heterocycles. The molecule has 1 amide bonds. The van der Waals surface area contributed by atoms with Gasteiger partial charge < -0.3 is 98.2 Å². The first kappa shape index (κ1) is 75.2. The third-order valence-corrected chi connectivity index (χ3v) is 19.1. The van der Waals surface area contributed by atoms with Crippen LogP contribution in [0.3, 0.4) is 0 Å². The molecular formula is C65H103NO24. The smallest absolute Gasteiger partial charge is 0.329 e. The highest BCUT2D eigenvalue weighted by Gasteiger charge is 2.54. The molecule has 6 aliphatic rings.